The molecule has 7 rings (SSSR count). The lowest BCUT2D eigenvalue weighted by molar-refractivity contribution is -0.125. The van der Waals surface area contributed by atoms with E-state index in [9.17, 15) is 9.59 Å². The Morgan fingerprint density at radius 3 is 1.88 bits per heavy atom. The maximum atomic E-state index is 15.0. The molecule has 8 nitrogen and oxygen atoms in total. The van der Waals surface area contributed by atoms with Gasteiger partial charge in [0.25, 0.3) is 11.5 Å². The number of aromatic amines is 1. The number of hydrazone groups is 1. The van der Waals surface area contributed by atoms with Crippen molar-refractivity contribution in [1.29, 1.82) is 0 Å². The number of carbonyl (C=O) groups excluding carboxylic acids is 1. The van der Waals surface area contributed by atoms with E-state index in [4.69, 9.17) is 10.8 Å². The van der Waals surface area contributed by atoms with Crippen LogP contribution in [0.1, 0.15) is 39.8 Å². The number of benzene rings is 4. The molecule has 0 fully saturated rings. The Bertz CT molecular complexity index is 1880. The molecule has 42 heavy (non-hydrogen) atoms. The summed E-state index contributed by atoms with van der Waals surface area (Å²) in [4.78, 5) is 29.3. The standard InChI is InChI=1S/C34H30N6O2/c1-21-13-17-23(18-14-21)28-27-30(37-39(31(27)41)25-9-5-3-6-10-25)36-29(24-19-15-22(2)16-20-24)34(28)32(35)38-40(33(34)42)26-11-7-4-8-12-26/h3-20,28-29,36-37H,1-2H3,(H2,35,38)/t28-,29-,34?/m0/s1. The highest BCUT2D eigenvalue weighted by Crippen LogP contribution is 2.58. The Hall–Kier alpha value is -5.37. The van der Waals surface area contributed by atoms with E-state index in [2.05, 4.69) is 10.4 Å². The fraction of sp³-hybridized carbons (Fsp3) is 0.147. The summed E-state index contributed by atoms with van der Waals surface area (Å²) in [6.07, 6.45) is 0. The molecule has 208 valence electrons. The Morgan fingerprint density at radius 1 is 0.738 bits per heavy atom. The van der Waals surface area contributed by atoms with Gasteiger partial charge in [0.1, 0.15) is 17.1 Å². The zero-order chi connectivity index (χ0) is 29.0. The number of hydrogen-bond acceptors (Lipinski definition) is 5. The molecule has 1 amide bonds. The molecular weight excluding hydrogens is 524 g/mol. The molecule has 1 unspecified atom stereocenters. The first-order valence-corrected chi connectivity index (χ1v) is 13.9. The third kappa shape index (κ3) is 3.72. The van der Waals surface area contributed by atoms with E-state index in [1.807, 2.05) is 123 Å². The van der Waals surface area contributed by atoms with Gasteiger partial charge in [0.2, 0.25) is 0 Å². The summed E-state index contributed by atoms with van der Waals surface area (Å²) in [6.45, 7) is 4.03. The van der Waals surface area contributed by atoms with Crippen LogP contribution in [0.25, 0.3) is 5.69 Å². The van der Waals surface area contributed by atoms with Crippen molar-refractivity contribution < 1.29 is 4.79 Å². The van der Waals surface area contributed by atoms with Crippen LogP contribution in [0.5, 0.6) is 0 Å². The fourth-order valence-electron chi connectivity index (χ4n) is 6.34. The first-order chi connectivity index (χ1) is 20.4. The number of aryl methyl sites for hydroxylation is 2. The molecule has 2 aliphatic rings. The summed E-state index contributed by atoms with van der Waals surface area (Å²) in [6, 6.07) is 34.0. The maximum absolute atomic E-state index is 15.0. The number of amides is 1. The van der Waals surface area contributed by atoms with Crippen LogP contribution in [0, 0.1) is 19.3 Å². The number of nitrogens with zero attached hydrogens (tertiary/aromatic N) is 3. The molecule has 4 N–H and O–H groups in total. The number of carbonyl (C=O) groups is 1. The zero-order valence-corrected chi connectivity index (χ0v) is 23.3. The van der Waals surface area contributed by atoms with E-state index in [1.54, 1.807) is 0 Å². The maximum Gasteiger partial charge on any atom is 0.277 e. The second kappa shape index (κ2) is 9.62. The van der Waals surface area contributed by atoms with Crippen molar-refractivity contribution in [3.63, 3.8) is 0 Å². The average molecular weight is 555 g/mol. The minimum Gasteiger partial charge on any atom is -0.385 e. The number of aromatic nitrogens is 2. The molecule has 0 bridgehead atoms. The second-order valence-electron chi connectivity index (χ2n) is 11.0. The summed E-state index contributed by atoms with van der Waals surface area (Å²) in [5, 5.41) is 12.9. The van der Waals surface area contributed by atoms with Gasteiger partial charge in [-0.15, -0.1) is 0 Å². The van der Waals surface area contributed by atoms with E-state index in [-0.39, 0.29) is 17.3 Å². The van der Waals surface area contributed by atoms with Gasteiger partial charge in [0.15, 0.2) is 0 Å². The highest BCUT2D eigenvalue weighted by molar-refractivity contribution is 6.20. The van der Waals surface area contributed by atoms with E-state index < -0.39 is 17.4 Å². The van der Waals surface area contributed by atoms with Crippen LogP contribution in [0.4, 0.5) is 11.5 Å². The van der Waals surface area contributed by atoms with Crippen molar-refractivity contribution >= 4 is 23.2 Å². The van der Waals surface area contributed by atoms with Crippen LogP contribution in [0.15, 0.2) is 119 Å². The highest BCUT2D eigenvalue weighted by atomic mass is 16.2. The quantitative estimate of drug-likeness (QED) is 0.277. The van der Waals surface area contributed by atoms with Gasteiger partial charge < -0.3 is 11.1 Å². The van der Waals surface area contributed by atoms with Gasteiger partial charge in [0.05, 0.1) is 23.0 Å². The number of hydrogen-bond donors (Lipinski definition) is 3. The first-order valence-electron chi connectivity index (χ1n) is 13.9. The number of para-hydroxylation sites is 2. The Kier molecular flexibility index (Phi) is 5.86. The fourth-order valence-corrected chi connectivity index (χ4v) is 6.34. The van der Waals surface area contributed by atoms with Crippen molar-refractivity contribution in [3.05, 3.63) is 147 Å². The molecule has 0 aliphatic carbocycles. The molecule has 1 aromatic heterocycles. The molecule has 0 saturated heterocycles. The Morgan fingerprint density at radius 2 is 1.29 bits per heavy atom. The van der Waals surface area contributed by atoms with Crippen LogP contribution in [0.3, 0.4) is 0 Å². The summed E-state index contributed by atoms with van der Waals surface area (Å²) in [5.74, 6) is -0.339. The van der Waals surface area contributed by atoms with Crippen molar-refractivity contribution in [2.75, 3.05) is 10.3 Å². The molecule has 4 aromatic carbocycles. The predicted octanol–water partition coefficient (Wildman–Crippen LogP) is 5.39. The number of anilines is 2. The zero-order valence-electron chi connectivity index (χ0n) is 23.3. The predicted molar refractivity (Wildman–Crippen MR) is 165 cm³/mol. The molecule has 2 aliphatic heterocycles. The highest BCUT2D eigenvalue weighted by Gasteiger charge is 2.65. The van der Waals surface area contributed by atoms with Gasteiger partial charge in [-0.2, -0.15) is 10.1 Å². The monoisotopic (exact) mass is 554 g/mol. The smallest absolute Gasteiger partial charge is 0.277 e. The van der Waals surface area contributed by atoms with Gasteiger partial charge in [-0.1, -0.05) is 96.1 Å². The normalized spacial score (nSPS) is 21.2. The van der Waals surface area contributed by atoms with Crippen LogP contribution >= 0.6 is 0 Å². The SMILES string of the molecule is Cc1ccc([C@H]2c3c([nH]n(-c4ccccc4)c3=O)N[C@@H](c3ccc(C)cc3)C23C(=O)N(c2ccccc2)N=C3N)cc1. The number of rotatable bonds is 4. The Balaban J connectivity index is 1.54. The van der Waals surface area contributed by atoms with E-state index in [0.29, 0.717) is 22.8 Å². The molecular formula is C34H30N6O2. The topological polar surface area (TPSA) is 109 Å². The van der Waals surface area contributed by atoms with Crippen LogP contribution in [-0.4, -0.2) is 21.5 Å². The first kappa shape index (κ1) is 25.6. The molecule has 0 saturated carbocycles. The number of nitrogens with two attached hydrogens (primary N) is 1. The van der Waals surface area contributed by atoms with Crippen LogP contribution in [0.2, 0.25) is 0 Å². The van der Waals surface area contributed by atoms with Gasteiger partial charge in [-0.25, -0.2) is 4.68 Å². The summed E-state index contributed by atoms with van der Waals surface area (Å²) in [5.41, 5.74) is 10.8. The third-order valence-corrected chi connectivity index (χ3v) is 8.43. The van der Waals surface area contributed by atoms with Crippen molar-refractivity contribution in [2.24, 2.45) is 16.3 Å². The molecule has 1 spiro atoms. The number of nitrogens with one attached hydrogen (secondary N) is 2. The van der Waals surface area contributed by atoms with E-state index in [0.717, 1.165) is 22.3 Å². The van der Waals surface area contributed by atoms with Gasteiger partial charge in [0, 0.05) is 5.92 Å². The lowest BCUT2D eigenvalue weighted by Crippen LogP contribution is -2.56. The van der Waals surface area contributed by atoms with Crippen molar-refractivity contribution in [2.45, 2.75) is 25.8 Å². The largest absolute Gasteiger partial charge is 0.385 e. The molecule has 5 aromatic rings. The van der Waals surface area contributed by atoms with Gasteiger partial charge >= 0.3 is 0 Å². The number of H-pyrrole nitrogens is 1. The average Bonchev–Trinajstić information content (AvgIpc) is 3.48. The molecule has 8 heteroatoms. The summed E-state index contributed by atoms with van der Waals surface area (Å²) in [7, 11) is 0. The van der Waals surface area contributed by atoms with E-state index in [1.165, 1.54) is 9.69 Å². The lowest BCUT2D eigenvalue weighted by atomic mass is 9.60. The van der Waals surface area contributed by atoms with Crippen molar-refractivity contribution in [3.8, 4) is 5.69 Å². The molecule has 3 heterocycles. The third-order valence-electron chi connectivity index (χ3n) is 8.43. The van der Waals surface area contributed by atoms with Crippen LogP contribution in [-0.2, 0) is 4.79 Å². The molecule has 3 atom stereocenters. The lowest BCUT2D eigenvalue weighted by Gasteiger charge is -2.45. The van der Waals surface area contributed by atoms with Gasteiger partial charge in [-0.05, 0) is 49.2 Å². The summed E-state index contributed by atoms with van der Waals surface area (Å²) < 4.78 is 1.52. The minimum atomic E-state index is -1.44. The second-order valence-corrected chi connectivity index (χ2v) is 11.0. The molecule has 0 radical (unpaired) electrons. The van der Waals surface area contributed by atoms with E-state index >= 15 is 0 Å². The minimum absolute atomic E-state index is 0.150. The van der Waals surface area contributed by atoms with Crippen molar-refractivity contribution in [1.82, 2.24) is 9.78 Å². The Labute approximate surface area is 243 Å². The number of amidine groups is 1. The summed E-state index contributed by atoms with van der Waals surface area (Å²) >= 11 is 0. The van der Waals surface area contributed by atoms with Crippen LogP contribution < -0.4 is 21.6 Å². The van der Waals surface area contributed by atoms with Gasteiger partial charge in [-0.3, -0.25) is 14.7 Å². The number of fused-ring (bicyclic) bond motifs is 1.